The number of hydrogen-bond donors (Lipinski definition) is 3. The highest BCUT2D eigenvalue weighted by Gasteiger charge is 2.24. The van der Waals surface area contributed by atoms with Crippen LogP contribution in [0.15, 0.2) is 0 Å². The Bertz CT molecular complexity index is 344. The monoisotopic (exact) mass is 298 g/mol. The minimum Gasteiger partial charge on any atom is -0.481 e. The van der Waals surface area contributed by atoms with Gasteiger partial charge in [0.05, 0.1) is 0 Å². The van der Waals surface area contributed by atoms with E-state index in [4.69, 9.17) is 5.11 Å². The van der Waals surface area contributed by atoms with Crippen molar-refractivity contribution in [2.45, 2.75) is 58.9 Å². The Balaban J connectivity index is 2.29. The zero-order valence-electron chi connectivity index (χ0n) is 13.5. The maximum absolute atomic E-state index is 12.1. The van der Waals surface area contributed by atoms with Crippen LogP contribution in [0.1, 0.15) is 52.9 Å². The van der Waals surface area contributed by atoms with Gasteiger partial charge < -0.3 is 15.7 Å². The summed E-state index contributed by atoms with van der Waals surface area (Å²) in [6, 6.07) is 0.411. The first kappa shape index (κ1) is 18.0. The molecule has 122 valence electrons. The van der Waals surface area contributed by atoms with E-state index in [1.807, 2.05) is 0 Å². The summed E-state index contributed by atoms with van der Waals surface area (Å²) < 4.78 is 0. The van der Waals surface area contributed by atoms with Gasteiger partial charge in [0.15, 0.2) is 0 Å². The quantitative estimate of drug-likeness (QED) is 0.640. The third kappa shape index (κ3) is 6.93. The average molecular weight is 298 g/mol. The number of aliphatic carboxylic acids is 1. The first-order valence-electron chi connectivity index (χ1n) is 8.13. The molecule has 21 heavy (non-hydrogen) atoms. The van der Waals surface area contributed by atoms with Gasteiger partial charge in [-0.15, -0.1) is 0 Å². The number of amides is 1. The maximum atomic E-state index is 12.1. The van der Waals surface area contributed by atoms with Gasteiger partial charge in [-0.05, 0) is 51.0 Å². The Morgan fingerprint density at radius 3 is 2.62 bits per heavy atom. The lowest BCUT2D eigenvalue weighted by atomic mass is 9.88. The Hall–Kier alpha value is -1.10. The van der Waals surface area contributed by atoms with Crippen LogP contribution in [0.2, 0.25) is 0 Å². The minimum atomic E-state index is -0.742. The number of carbonyl (C=O) groups is 2. The largest absolute Gasteiger partial charge is 0.481 e. The molecule has 3 atom stereocenters. The molecular formula is C16H30N2O3. The second-order valence-electron chi connectivity index (χ2n) is 6.59. The molecule has 0 spiro atoms. The summed E-state index contributed by atoms with van der Waals surface area (Å²) in [5.74, 6) is 0.337. The molecule has 0 bridgehead atoms. The van der Waals surface area contributed by atoms with E-state index in [0.29, 0.717) is 30.8 Å². The Morgan fingerprint density at radius 1 is 1.33 bits per heavy atom. The maximum Gasteiger partial charge on any atom is 0.303 e. The molecule has 1 heterocycles. The van der Waals surface area contributed by atoms with E-state index >= 15 is 0 Å². The van der Waals surface area contributed by atoms with Crippen molar-refractivity contribution in [2.75, 3.05) is 13.1 Å². The number of rotatable bonds is 8. The molecule has 3 unspecified atom stereocenters. The van der Waals surface area contributed by atoms with E-state index in [2.05, 4.69) is 31.4 Å². The van der Waals surface area contributed by atoms with Gasteiger partial charge >= 0.3 is 5.97 Å². The molecule has 5 heteroatoms. The van der Waals surface area contributed by atoms with Crippen LogP contribution < -0.4 is 10.6 Å². The Morgan fingerprint density at radius 2 is 2.05 bits per heavy atom. The van der Waals surface area contributed by atoms with Crippen molar-refractivity contribution in [2.24, 2.45) is 17.8 Å². The topological polar surface area (TPSA) is 78.4 Å². The summed E-state index contributed by atoms with van der Waals surface area (Å²) in [7, 11) is 0. The molecule has 0 aromatic heterocycles. The van der Waals surface area contributed by atoms with Crippen LogP contribution in [-0.4, -0.2) is 36.1 Å². The van der Waals surface area contributed by atoms with Crippen LogP contribution in [0, 0.1) is 17.8 Å². The summed E-state index contributed by atoms with van der Waals surface area (Å²) >= 11 is 0. The summed E-state index contributed by atoms with van der Waals surface area (Å²) in [5.41, 5.74) is 0. The van der Waals surface area contributed by atoms with Crippen LogP contribution in [-0.2, 0) is 9.59 Å². The molecule has 1 fully saturated rings. The van der Waals surface area contributed by atoms with E-state index in [1.165, 1.54) is 0 Å². The van der Waals surface area contributed by atoms with Gasteiger partial charge in [0, 0.05) is 24.9 Å². The molecule has 0 radical (unpaired) electrons. The van der Waals surface area contributed by atoms with Crippen molar-refractivity contribution in [1.82, 2.24) is 10.6 Å². The fraction of sp³-hybridized carbons (Fsp3) is 0.875. The zero-order valence-corrected chi connectivity index (χ0v) is 13.5. The van der Waals surface area contributed by atoms with Crippen LogP contribution in [0.5, 0.6) is 0 Å². The molecular weight excluding hydrogens is 268 g/mol. The van der Waals surface area contributed by atoms with Gasteiger partial charge in [-0.3, -0.25) is 9.59 Å². The minimum absolute atomic E-state index is 0.123. The molecule has 0 aliphatic carbocycles. The van der Waals surface area contributed by atoms with Crippen LogP contribution in [0.25, 0.3) is 0 Å². The van der Waals surface area contributed by atoms with Gasteiger partial charge in [-0.25, -0.2) is 0 Å². The third-order valence-electron chi connectivity index (χ3n) is 4.48. The predicted molar refractivity (Wildman–Crippen MR) is 83.0 cm³/mol. The van der Waals surface area contributed by atoms with Crippen LogP contribution in [0.3, 0.4) is 0 Å². The number of carboxylic acids is 1. The highest BCUT2D eigenvalue weighted by molar-refractivity contribution is 5.78. The molecule has 1 amide bonds. The first-order valence-corrected chi connectivity index (χ1v) is 8.13. The standard InChI is InChI=1S/C16H30N2O3/c1-11(2)13(4-5-15(19)20)6-9-18-16(21)14-7-8-17-12(3)10-14/h11-14,17H,4-10H2,1-3H3,(H,18,21)(H,19,20). The molecule has 1 rings (SSSR count). The third-order valence-corrected chi connectivity index (χ3v) is 4.48. The van der Waals surface area contributed by atoms with Crippen molar-refractivity contribution in [3.05, 3.63) is 0 Å². The lowest BCUT2D eigenvalue weighted by Crippen LogP contribution is -2.42. The van der Waals surface area contributed by atoms with Gasteiger partial charge in [0.1, 0.15) is 0 Å². The molecule has 1 saturated heterocycles. The number of nitrogens with one attached hydrogen (secondary N) is 2. The lowest BCUT2D eigenvalue weighted by Gasteiger charge is -2.27. The first-order chi connectivity index (χ1) is 9.90. The summed E-state index contributed by atoms with van der Waals surface area (Å²) in [6.45, 7) is 7.90. The number of piperidine rings is 1. The van der Waals surface area contributed by atoms with Crippen LogP contribution in [0.4, 0.5) is 0 Å². The van der Waals surface area contributed by atoms with Crippen LogP contribution >= 0.6 is 0 Å². The zero-order chi connectivity index (χ0) is 15.8. The van der Waals surface area contributed by atoms with E-state index in [1.54, 1.807) is 0 Å². The molecule has 0 saturated carbocycles. The summed E-state index contributed by atoms with van der Waals surface area (Å²) in [4.78, 5) is 22.8. The lowest BCUT2D eigenvalue weighted by molar-refractivity contribution is -0.137. The fourth-order valence-electron chi connectivity index (χ4n) is 3.02. The molecule has 0 aromatic rings. The van der Waals surface area contributed by atoms with Crippen molar-refractivity contribution in [1.29, 1.82) is 0 Å². The molecule has 3 N–H and O–H groups in total. The van der Waals surface area contributed by atoms with Gasteiger partial charge in [-0.1, -0.05) is 13.8 Å². The van der Waals surface area contributed by atoms with E-state index in [9.17, 15) is 9.59 Å². The SMILES string of the molecule is CC1CC(C(=O)NCCC(CCC(=O)O)C(C)C)CCN1. The van der Waals surface area contributed by atoms with E-state index < -0.39 is 5.97 Å². The van der Waals surface area contributed by atoms with Crippen molar-refractivity contribution in [3.8, 4) is 0 Å². The fourth-order valence-corrected chi connectivity index (χ4v) is 3.02. The second-order valence-corrected chi connectivity index (χ2v) is 6.59. The molecule has 5 nitrogen and oxygen atoms in total. The van der Waals surface area contributed by atoms with Gasteiger partial charge in [0.25, 0.3) is 0 Å². The smallest absolute Gasteiger partial charge is 0.303 e. The van der Waals surface area contributed by atoms with Gasteiger partial charge in [-0.2, -0.15) is 0 Å². The highest BCUT2D eigenvalue weighted by atomic mass is 16.4. The Kier molecular flexibility index (Phi) is 7.72. The van der Waals surface area contributed by atoms with Crippen molar-refractivity contribution < 1.29 is 14.7 Å². The van der Waals surface area contributed by atoms with E-state index in [-0.39, 0.29) is 18.2 Å². The van der Waals surface area contributed by atoms with Crippen molar-refractivity contribution in [3.63, 3.8) is 0 Å². The van der Waals surface area contributed by atoms with Crippen molar-refractivity contribution >= 4 is 11.9 Å². The molecule has 1 aliphatic heterocycles. The number of carbonyl (C=O) groups excluding carboxylic acids is 1. The summed E-state index contributed by atoms with van der Waals surface area (Å²) in [6.07, 6.45) is 3.56. The average Bonchev–Trinajstić information content (AvgIpc) is 2.41. The normalized spacial score (nSPS) is 23.8. The number of carboxylic acid groups (broad SMARTS) is 1. The molecule has 0 aromatic carbocycles. The summed E-state index contributed by atoms with van der Waals surface area (Å²) in [5, 5.41) is 15.2. The second kappa shape index (κ2) is 9.03. The van der Waals surface area contributed by atoms with Gasteiger partial charge in [0.2, 0.25) is 5.91 Å². The molecule has 1 aliphatic rings. The van der Waals surface area contributed by atoms with E-state index in [0.717, 1.165) is 25.8 Å². The highest BCUT2D eigenvalue weighted by Crippen LogP contribution is 2.21. The number of hydrogen-bond acceptors (Lipinski definition) is 3. The Labute approximate surface area is 127 Å². The predicted octanol–water partition coefficient (Wildman–Crippen LogP) is 2.02.